The van der Waals surface area contributed by atoms with E-state index in [-0.39, 0.29) is 24.5 Å². The minimum Gasteiger partial charge on any atom is -0.497 e. The lowest BCUT2D eigenvalue weighted by molar-refractivity contribution is -0.134. The summed E-state index contributed by atoms with van der Waals surface area (Å²) in [7, 11) is 1.64. The molecule has 0 spiro atoms. The van der Waals surface area contributed by atoms with Crippen LogP contribution in [0.2, 0.25) is 0 Å². The highest BCUT2D eigenvalue weighted by Gasteiger charge is 2.33. The van der Waals surface area contributed by atoms with E-state index < -0.39 is 0 Å². The fraction of sp³-hybridized carbons (Fsp3) is 0.357. The minimum absolute atomic E-state index is 0.0196. The summed E-state index contributed by atoms with van der Waals surface area (Å²) in [6, 6.07) is 17.3. The first-order chi connectivity index (χ1) is 16.9. The number of urea groups is 1. The molecule has 4 rings (SSSR count). The Morgan fingerprint density at radius 1 is 1.06 bits per heavy atom. The van der Waals surface area contributed by atoms with E-state index in [2.05, 4.69) is 16.0 Å². The molecule has 1 atom stereocenters. The normalized spacial score (nSPS) is 14.9. The Hall–Kier alpha value is -3.74. The number of nitrogens with one attached hydrogen (secondary N) is 1. The number of fused-ring (bicyclic) bond motifs is 1. The summed E-state index contributed by atoms with van der Waals surface area (Å²) in [6.45, 7) is 7.76. The second kappa shape index (κ2) is 10.7. The van der Waals surface area contributed by atoms with Gasteiger partial charge >= 0.3 is 6.03 Å². The molecule has 184 valence electrons. The van der Waals surface area contributed by atoms with Gasteiger partial charge in [-0.15, -0.1) is 0 Å². The highest BCUT2D eigenvalue weighted by Crippen LogP contribution is 2.34. The standard InChI is InChI=1S/C28H34N4O3/c1-5-14-31(28(34)29-26-20(2)9-6-10-21(26)3)19-25(33)32-17-16-30-15-8-13-24(30)27(32)22-11-7-12-23(18-22)35-4/h6-13,15,18,27H,5,14,16-17,19H2,1-4H3,(H,29,34). The third-order valence-electron chi connectivity index (χ3n) is 6.59. The molecule has 3 aromatic rings. The van der Waals surface area contributed by atoms with Crippen molar-refractivity contribution < 1.29 is 14.3 Å². The maximum absolute atomic E-state index is 13.7. The van der Waals surface area contributed by atoms with Gasteiger partial charge in [-0.25, -0.2) is 4.79 Å². The van der Waals surface area contributed by atoms with Crippen molar-refractivity contribution in [1.82, 2.24) is 14.4 Å². The number of ether oxygens (including phenoxy) is 1. The molecule has 1 N–H and O–H groups in total. The van der Waals surface area contributed by atoms with Gasteiger partial charge in [0.05, 0.1) is 13.2 Å². The summed E-state index contributed by atoms with van der Waals surface area (Å²) in [5.41, 5.74) is 4.84. The molecule has 1 unspecified atom stereocenters. The predicted octanol–water partition coefficient (Wildman–Crippen LogP) is 4.99. The highest BCUT2D eigenvalue weighted by atomic mass is 16.5. The van der Waals surface area contributed by atoms with Crippen LogP contribution in [0.3, 0.4) is 0 Å². The van der Waals surface area contributed by atoms with Gasteiger partial charge in [0.15, 0.2) is 0 Å². The number of hydrogen-bond donors (Lipinski definition) is 1. The summed E-state index contributed by atoms with van der Waals surface area (Å²) < 4.78 is 7.63. The molecule has 0 saturated carbocycles. The molecular formula is C28H34N4O3. The van der Waals surface area contributed by atoms with Crippen LogP contribution >= 0.6 is 0 Å². The molecule has 35 heavy (non-hydrogen) atoms. The van der Waals surface area contributed by atoms with Gasteiger partial charge in [-0.05, 0) is 61.2 Å². The quantitative estimate of drug-likeness (QED) is 0.525. The third-order valence-corrected chi connectivity index (χ3v) is 6.59. The predicted molar refractivity (Wildman–Crippen MR) is 138 cm³/mol. The molecule has 7 heteroatoms. The lowest BCUT2D eigenvalue weighted by Gasteiger charge is -2.38. The van der Waals surface area contributed by atoms with E-state index in [0.29, 0.717) is 13.1 Å². The average molecular weight is 475 g/mol. The number of methoxy groups -OCH3 is 1. The van der Waals surface area contributed by atoms with Crippen molar-refractivity contribution in [2.45, 2.75) is 39.8 Å². The summed E-state index contributed by atoms with van der Waals surface area (Å²) >= 11 is 0. The van der Waals surface area contributed by atoms with Gasteiger partial charge in [-0.2, -0.15) is 0 Å². The van der Waals surface area contributed by atoms with Crippen molar-refractivity contribution in [3.63, 3.8) is 0 Å². The topological polar surface area (TPSA) is 66.8 Å². The van der Waals surface area contributed by atoms with E-state index in [9.17, 15) is 9.59 Å². The van der Waals surface area contributed by atoms with Crippen molar-refractivity contribution in [3.05, 3.63) is 83.2 Å². The van der Waals surface area contributed by atoms with Crippen LogP contribution < -0.4 is 10.1 Å². The zero-order chi connectivity index (χ0) is 24.9. The van der Waals surface area contributed by atoms with Crippen molar-refractivity contribution in [3.8, 4) is 5.75 Å². The van der Waals surface area contributed by atoms with Crippen LogP contribution in [0.1, 0.15) is 41.8 Å². The van der Waals surface area contributed by atoms with E-state index in [1.807, 2.05) is 80.4 Å². The molecule has 0 saturated heterocycles. The Morgan fingerprint density at radius 2 is 1.80 bits per heavy atom. The summed E-state index contributed by atoms with van der Waals surface area (Å²) in [5.74, 6) is 0.676. The van der Waals surface area contributed by atoms with E-state index in [1.165, 1.54) is 0 Å². The number of aromatic nitrogens is 1. The number of amides is 3. The molecule has 3 amide bonds. The fourth-order valence-corrected chi connectivity index (χ4v) is 4.79. The van der Waals surface area contributed by atoms with Crippen LogP contribution in [0.4, 0.5) is 10.5 Å². The Morgan fingerprint density at radius 3 is 2.51 bits per heavy atom. The Bertz CT molecular complexity index is 1180. The summed E-state index contributed by atoms with van der Waals surface area (Å²) in [4.78, 5) is 30.5. The van der Waals surface area contributed by atoms with Gasteiger partial charge in [0, 0.05) is 37.2 Å². The first-order valence-corrected chi connectivity index (χ1v) is 12.1. The van der Waals surface area contributed by atoms with E-state index >= 15 is 0 Å². The number of nitrogens with zero attached hydrogens (tertiary/aromatic N) is 3. The fourth-order valence-electron chi connectivity index (χ4n) is 4.79. The Kier molecular flexibility index (Phi) is 7.44. The molecule has 0 aliphatic carbocycles. The van der Waals surface area contributed by atoms with Gasteiger partial charge in [0.1, 0.15) is 12.3 Å². The smallest absolute Gasteiger partial charge is 0.322 e. The molecule has 1 aromatic heterocycles. The number of para-hydroxylation sites is 1. The second-order valence-corrected chi connectivity index (χ2v) is 9.01. The van der Waals surface area contributed by atoms with Crippen LogP contribution in [0.25, 0.3) is 0 Å². The SMILES string of the molecule is CCCN(CC(=O)N1CCn2cccc2C1c1cccc(OC)c1)C(=O)Nc1c(C)cccc1C. The highest BCUT2D eigenvalue weighted by molar-refractivity contribution is 5.93. The van der Waals surface area contributed by atoms with E-state index in [0.717, 1.165) is 46.8 Å². The van der Waals surface area contributed by atoms with Crippen LogP contribution in [-0.4, -0.2) is 53.0 Å². The average Bonchev–Trinajstić information content (AvgIpc) is 3.34. The first-order valence-electron chi connectivity index (χ1n) is 12.1. The lowest BCUT2D eigenvalue weighted by Crippen LogP contribution is -2.49. The van der Waals surface area contributed by atoms with Gasteiger partial charge in [-0.1, -0.05) is 37.3 Å². The zero-order valence-corrected chi connectivity index (χ0v) is 21.0. The Balaban J connectivity index is 1.58. The van der Waals surface area contributed by atoms with Gasteiger partial charge in [0.2, 0.25) is 5.91 Å². The van der Waals surface area contributed by atoms with Crippen LogP contribution in [-0.2, 0) is 11.3 Å². The second-order valence-electron chi connectivity index (χ2n) is 9.01. The molecular weight excluding hydrogens is 440 g/mol. The summed E-state index contributed by atoms with van der Waals surface area (Å²) in [6.07, 6.45) is 2.81. The van der Waals surface area contributed by atoms with Crippen LogP contribution in [0, 0.1) is 13.8 Å². The first kappa shape index (κ1) is 24.4. The third kappa shape index (κ3) is 5.19. The summed E-state index contributed by atoms with van der Waals surface area (Å²) in [5, 5.41) is 3.04. The number of carbonyl (C=O) groups is 2. The number of aryl methyl sites for hydroxylation is 2. The molecule has 1 aliphatic heterocycles. The molecule has 2 aromatic carbocycles. The zero-order valence-electron chi connectivity index (χ0n) is 21.0. The van der Waals surface area contributed by atoms with Crippen molar-refractivity contribution in [1.29, 1.82) is 0 Å². The van der Waals surface area contributed by atoms with Gasteiger partial charge < -0.3 is 24.4 Å². The van der Waals surface area contributed by atoms with Gasteiger partial charge in [0.25, 0.3) is 0 Å². The molecule has 2 heterocycles. The minimum atomic E-state index is -0.254. The van der Waals surface area contributed by atoms with Crippen molar-refractivity contribution in [2.24, 2.45) is 0 Å². The molecule has 0 bridgehead atoms. The number of carbonyl (C=O) groups excluding carboxylic acids is 2. The van der Waals surface area contributed by atoms with E-state index in [1.54, 1.807) is 12.0 Å². The molecule has 0 radical (unpaired) electrons. The van der Waals surface area contributed by atoms with Crippen LogP contribution in [0.5, 0.6) is 5.75 Å². The van der Waals surface area contributed by atoms with Gasteiger partial charge in [-0.3, -0.25) is 4.79 Å². The van der Waals surface area contributed by atoms with E-state index in [4.69, 9.17) is 4.74 Å². The maximum Gasteiger partial charge on any atom is 0.322 e. The van der Waals surface area contributed by atoms with Crippen LogP contribution in [0.15, 0.2) is 60.8 Å². The number of anilines is 1. The maximum atomic E-state index is 13.7. The van der Waals surface area contributed by atoms with Crippen molar-refractivity contribution >= 4 is 17.6 Å². The molecule has 7 nitrogen and oxygen atoms in total. The number of benzene rings is 2. The number of rotatable bonds is 7. The largest absolute Gasteiger partial charge is 0.497 e. The van der Waals surface area contributed by atoms with Crippen molar-refractivity contribution in [2.75, 3.05) is 32.1 Å². The molecule has 0 fully saturated rings. The number of hydrogen-bond acceptors (Lipinski definition) is 3. The molecule has 1 aliphatic rings. The lowest BCUT2D eigenvalue weighted by atomic mass is 9.99. The monoisotopic (exact) mass is 474 g/mol. The Labute approximate surface area is 207 Å².